The monoisotopic (exact) mass is 366 g/mol. The maximum Gasteiger partial charge on any atom is 0.175 e. The standard InChI is InChI=1S/C21H19FN2O3/c1-4-26-20-11-16-13(10-19(20)25-3)17(7-8-23-16)27-18-6-5-15-14(21(18)22)9-12(2)24-15/h5-11,24H,4H2,1-3H3. The largest absolute Gasteiger partial charge is 0.493 e. The molecule has 0 unspecified atom stereocenters. The molecule has 0 fully saturated rings. The second-order valence-corrected chi connectivity index (χ2v) is 6.16. The molecule has 138 valence electrons. The van der Waals surface area contributed by atoms with Crippen molar-refractivity contribution in [2.24, 2.45) is 0 Å². The maximum atomic E-state index is 14.9. The van der Waals surface area contributed by atoms with E-state index < -0.39 is 5.82 Å². The van der Waals surface area contributed by atoms with Crippen molar-refractivity contribution >= 4 is 21.8 Å². The number of nitrogens with one attached hydrogen (secondary N) is 1. The average Bonchev–Trinajstić information content (AvgIpc) is 3.05. The third-order valence-corrected chi connectivity index (χ3v) is 4.34. The molecule has 0 aliphatic heterocycles. The third-order valence-electron chi connectivity index (χ3n) is 4.34. The van der Waals surface area contributed by atoms with Gasteiger partial charge < -0.3 is 19.2 Å². The zero-order chi connectivity index (χ0) is 19.0. The first-order chi connectivity index (χ1) is 13.1. The Morgan fingerprint density at radius 3 is 2.63 bits per heavy atom. The molecule has 0 saturated heterocycles. The van der Waals surface area contributed by atoms with E-state index in [-0.39, 0.29) is 5.75 Å². The summed E-state index contributed by atoms with van der Waals surface area (Å²) in [5, 5.41) is 1.21. The summed E-state index contributed by atoms with van der Waals surface area (Å²) in [6.45, 7) is 4.30. The van der Waals surface area contributed by atoms with Crippen LogP contribution >= 0.6 is 0 Å². The number of pyridine rings is 1. The van der Waals surface area contributed by atoms with Crippen molar-refractivity contribution in [3.05, 3.63) is 54.1 Å². The van der Waals surface area contributed by atoms with Gasteiger partial charge in [-0.3, -0.25) is 4.98 Å². The van der Waals surface area contributed by atoms with Crippen molar-refractivity contribution in [3.8, 4) is 23.0 Å². The second-order valence-electron chi connectivity index (χ2n) is 6.16. The van der Waals surface area contributed by atoms with Crippen LogP contribution in [-0.2, 0) is 0 Å². The SMILES string of the molecule is CCOc1cc2nccc(Oc3ccc4[nH]c(C)cc4c3F)c2cc1OC. The number of fused-ring (bicyclic) bond motifs is 2. The Morgan fingerprint density at radius 1 is 1.00 bits per heavy atom. The van der Waals surface area contributed by atoms with Gasteiger partial charge in [-0.25, -0.2) is 4.39 Å². The highest BCUT2D eigenvalue weighted by Crippen LogP contribution is 2.38. The number of methoxy groups -OCH3 is 1. The fraction of sp³-hybridized carbons (Fsp3) is 0.190. The van der Waals surface area contributed by atoms with Gasteiger partial charge in [0.15, 0.2) is 23.1 Å². The van der Waals surface area contributed by atoms with E-state index in [0.29, 0.717) is 40.1 Å². The molecular weight excluding hydrogens is 347 g/mol. The summed E-state index contributed by atoms with van der Waals surface area (Å²) in [7, 11) is 1.57. The van der Waals surface area contributed by atoms with E-state index in [1.807, 2.05) is 13.8 Å². The van der Waals surface area contributed by atoms with Gasteiger partial charge in [0.2, 0.25) is 0 Å². The number of hydrogen-bond donors (Lipinski definition) is 1. The first-order valence-corrected chi connectivity index (χ1v) is 8.66. The molecule has 6 heteroatoms. The van der Waals surface area contributed by atoms with E-state index in [0.717, 1.165) is 11.2 Å². The number of ether oxygens (including phenoxy) is 3. The quantitative estimate of drug-likeness (QED) is 0.516. The first-order valence-electron chi connectivity index (χ1n) is 8.66. The number of halogens is 1. The number of aryl methyl sites for hydroxylation is 1. The molecular formula is C21H19FN2O3. The Morgan fingerprint density at radius 2 is 1.85 bits per heavy atom. The predicted molar refractivity (Wildman–Crippen MR) is 103 cm³/mol. The number of rotatable bonds is 5. The molecule has 27 heavy (non-hydrogen) atoms. The van der Waals surface area contributed by atoms with Crippen LogP contribution in [0.3, 0.4) is 0 Å². The molecule has 0 atom stereocenters. The van der Waals surface area contributed by atoms with Crippen LogP contribution in [0.1, 0.15) is 12.6 Å². The average molecular weight is 366 g/mol. The fourth-order valence-corrected chi connectivity index (χ4v) is 3.13. The lowest BCUT2D eigenvalue weighted by molar-refractivity contribution is 0.311. The molecule has 0 radical (unpaired) electrons. The topological polar surface area (TPSA) is 56.4 Å². The number of H-pyrrole nitrogens is 1. The molecule has 2 heterocycles. The van der Waals surface area contributed by atoms with Gasteiger partial charge >= 0.3 is 0 Å². The van der Waals surface area contributed by atoms with Crippen molar-refractivity contribution in [1.82, 2.24) is 9.97 Å². The Balaban J connectivity index is 1.81. The minimum atomic E-state index is -0.403. The van der Waals surface area contributed by atoms with E-state index in [4.69, 9.17) is 14.2 Å². The number of hydrogen-bond acceptors (Lipinski definition) is 4. The van der Waals surface area contributed by atoms with Gasteiger partial charge in [0.1, 0.15) is 5.75 Å². The molecule has 4 rings (SSSR count). The minimum Gasteiger partial charge on any atom is -0.493 e. The fourth-order valence-electron chi connectivity index (χ4n) is 3.13. The van der Waals surface area contributed by atoms with Crippen LogP contribution in [0.4, 0.5) is 4.39 Å². The molecule has 5 nitrogen and oxygen atoms in total. The lowest BCUT2D eigenvalue weighted by Gasteiger charge is -2.13. The summed E-state index contributed by atoms with van der Waals surface area (Å²) >= 11 is 0. The highest BCUT2D eigenvalue weighted by atomic mass is 19.1. The molecule has 2 aromatic carbocycles. The number of benzene rings is 2. The predicted octanol–water partition coefficient (Wildman–Crippen LogP) is 5.36. The molecule has 0 saturated carbocycles. The van der Waals surface area contributed by atoms with Crippen LogP contribution in [0.5, 0.6) is 23.0 Å². The van der Waals surface area contributed by atoms with Gasteiger partial charge in [-0.2, -0.15) is 0 Å². The molecule has 0 amide bonds. The van der Waals surface area contributed by atoms with Gasteiger partial charge in [-0.1, -0.05) is 0 Å². The summed E-state index contributed by atoms with van der Waals surface area (Å²) in [6.07, 6.45) is 1.62. The second kappa shape index (κ2) is 6.79. The third kappa shape index (κ3) is 3.03. The van der Waals surface area contributed by atoms with E-state index in [1.165, 1.54) is 0 Å². The van der Waals surface area contributed by atoms with Crippen LogP contribution in [0.15, 0.2) is 42.6 Å². The van der Waals surface area contributed by atoms with Gasteiger partial charge in [-0.05, 0) is 44.2 Å². The minimum absolute atomic E-state index is 0.154. The summed E-state index contributed by atoms with van der Waals surface area (Å²) in [5.74, 6) is 1.42. The van der Waals surface area contributed by atoms with E-state index in [2.05, 4.69) is 9.97 Å². The molecule has 0 bridgehead atoms. The Kier molecular flexibility index (Phi) is 4.32. The van der Waals surface area contributed by atoms with E-state index in [9.17, 15) is 4.39 Å². The molecule has 4 aromatic rings. The van der Waals surface area contributed by atoms with Crippen LogP contribution in [-0.4, -0.2) is 23.7 Å². The molecule has 0 spiro atoms. The number of aromatic amines is 1. The van der Waals surface area contributed by atoms with Crippen molar-refractivity contribution in [2.45, 2.75) is 13.8 Å². The van der Waals surface area contributed by atoms with Crippen LogP contribution in [0.2, 0.25) is 0 Å². The van der Waals surface area contributed by atoms with E-state index in [1.54, 1.807) is 49.7 Å². The smallest absolute Gasteiger partial charge is 0.175 e. The lowest BCUT2D eigenvalue weighted by Crippen LogP contribution is -1.97. The van der Waals surface area contributed by atoms with Gasteiger partial charge in [0.05, 0.1) is 19.2 Å². The highest BCUT2D eigenvalue weighted by Gasteiger charge is 2.15. The zero-order valence-corrected chi connectivity index (χ0v) is 15.3. The molecule has 0 aliphatic carbocycles. The lowest BCUT2D eigenvalue weighted by atomic mass is 10.1. The summed E-state index contributed by atoms with van der Waals surface area (Å²) in [6, 6.07) is 10.5. The van der Waals surface area contributed by atoms with E-state index >= 15 is 0 Å². The number of nitrogens with zero attached hydrogens (tertiary/aromatic N) is 1. The van der Waals surface area contributed by atoms with Crippen molar-refractivity contribution < 1.29 is 18.6 Å². The summed E-state index contributed by atoms with van der Waals surface area (Å²) < 4.78 is 31.8. The van der Waals surface area contributed by atoms with Gasteiger partial charge in [-0.15, -0.1) is 0 Å². The van der Waals surface area contributed by atoms with Crippen LogP contribution in [0.25, 0.3) is 21.8 Å². The maximum absolute atomic E-state index is 14.9. The van der Waals surface area contributed by atoms with Crippen molar-refractivity contribution in [2.75, 3.05) is 13.7 Å². The zero-order valence-electron chi connectivity index (χ0n) is 15.3. The normalized spacial score (nSPS) is 11.1. The summed E-state index contributed by atoms with van der Waals surface area (Å²) in [4.78, 5) is 7.48. The van der Waals surface area contributed by atoms with Crippen LogP contribution in [0, 0.1) is 12.7 Å². The molecule has 0 aliphatic rings. The van der Waals surface area contributed by atoms with Crippen molar-refractivity contribution in [1.29, 1.82) is 0 Å². The van der Waals surface area contributed by atoms with Crippen molar-refractivity contribution in [3.63, 3.8) is 0 Å². The highest BCUT2D eigenvalue weighted by molar-refractivity contribution is 5.89. The molecule has 2 aromatic heterocycles. The molecule has 1 N–H and O–H groups in total. The van der Waals surface area contributed by atoms with Gasteiger partial charge in [0, 0.05) is 34.2 Å². The van der Waals surface area contributed by atoms with Gasteiger partial charge in [0.25, 0.3) is 0 Å². The Hall–Kier alpha value is -3.28. The van der Waals surface area contributed by atoms with Crippen LogP contribution < -0.4 is 14.2 Å². The Bertz CT molecular complexity index is 1140. The summed E-state index contributed by atoms with van der Waals surface area (Å²) in [5.41, 5.74) is 2.30. The Labute approximate surface area is 155 Å². The first kappa shape index (κ1) is 17.1. The number of aromatic nitrogens is 2.